The van der Waals surface area contributed by atoms with Crippen molar-refractivity contribution in [3.8, 4) is 5.75 Å². The average molecular weight is 263 g/mol. The van der Waals surface area contributed by atoms with Gasteiger partial charge >= 0.3 is 12.1 Å². The van der Waals surface area contributed by atoms with Crippen LogP contribution in [0.15, 0.2) is 36.9 Å². The summed E-state index contributed by atoms with van der Waals surface area (Å²) in [5.41, 5.74) is 0.549. The molecule has 1 rings (SSSR count). The summed E-state index contributed by atoms with van der Waals surface area (Å²) < 4.78 is 5.04. The van der Waals surface area contributed by atoms with E-state index in [4.69, 9.17) is 4.74 Å². The first-order chi connectivity index (χ1) is 9.02. The molecule has 0 aromatic heterocycles. The van der Waals surface area contributed by atoms with E-state index >= 15 is 0 Å². The lowest BCUT2D eigenvalue weighted by Gasteiger charge is -2.12. The number of benzene rings is 1. The summed E-state index contributed by atoms with van der Waals surface area (Å²) in [6, 6.07) is 6.32. The molecule has 0 unspecified atom stereocenters. The molecule has 3 amide bonds. The van der Waals surface area contributed by atoms with E-state index in [2.05, 4.69) is 17.2 Å². The molecule has 6 nitrogen and oxygen atoms in total. The van der Waals surface area contributed by atoms with Crippen LogP contribution in [0.2, 0.25) is 0 Å². The predicted octanol–water partition coefficient (Wildman–Crippen LogP) is 2.05. The molecule has 0 bridgehead atoms. The van der Waals surface area contributed by atoms with Crippen molar-refractivity contribution in [1.82, 2.24) is 10.2 Å². The van der Waals surface area contributed by atoms with Crippen LogP contribution in [-0.2, 0) is 0 Å². The van der Waals surface area contributed by atoms with E-state index in [9.17, 15) is 9.59 Å². The molecule has 6 heteroatoms. The van der Waals surface area contributed by atoms with E-state index in [1.807, 2.05) is 0 Å². The molecule has 0 aliphatic heterocycles. The minimum absolute atomic E-state index is 0.256. The number of rotatable bonds is 4. The third-order valence-corrected chi connectivity index (χ3v) is 2.09. The Morgan fingerprint density at radius 3 is 2.79 bits per heavy atom. The number of nitrogens with zero attached hydrogens (tertiary/aromatic N) is 1. The molecular weight excluding hydrogens is 246 g/mol. The van der Waals surface area contributed by atoms with Crippen molar-refractivity contribution in [2.24, 2.45) is 0 Å². The molecule has 0 saturated heterocycles. The van der Waals surface area contributed by atoms with Gasteiger partial charge in [-0.1, -0.05) is 12.1 Å². The summed E-state index contributed by atoms with van der Waals surface area (Å²) in [5, 5.41) is 5.14. The van der Waals surface area contributed by atoms with Gasteiger partial charge in [-0.25, -0.2) is 9.59 Å². The van der Waals surface area contributed by atoms with Gasteiger partial charge in [0.15, 0.2) is 0 Å². The number of hydrogen-bond donors (Lipinski definition) is 2. The van der Waals surface area contributed by atoms with Gasteiger partial charge in [0, 0.05) is 32.4 Å². The van der Waals surface area contributed by atoms with Crippen molar-refractivity contribution in [3.63, 3.8) is 0 Å². The molecule has 0 saturated carbocycles. The van der Waals surface area contributed by atoms with Gasteiger partial charge in [-0.3, -0.25) is 0 Å². The Bertz CT molecular complexity index is 472. The van der Waals surface area contributed by atoms with Crippen LogP contribution in [0, 0.1) is 0 Å². The van der Waals surface area contributed by atoms with E-state index in [1.54, 1.807) is 44.4 Å². The second-order valence-electron chi connectivity index (χ2n) is 3.91. The number of urea groups is 1. The third kappa shape index (κ3) is 5.12. The summed E-state index contributed by atoms with van der Waals surface area (Å²) in [6.07, 6.45) is 0.977. The zero-order valence-corrected chi connectivity index (χ0v) is 11.0. The van der Waals surface area contributed by atoms with Crippen molar-refractivity contribution < 1.29 is 14.3 Å². The fourth-order valence-corrected chi connectivity index (χ4v) is 1.17. The van der Waals surface area contributed by atoms with Crippen molar-refractivity contribution in [2.75, 3.05) is 26.0 Å². The minimum Gasteiger partial charge on any atom is -0.410 e. The Hall–Kier alpha value is -2.50. The number of nitrogens with one attached hydrogen (secondary N) is 2. The number of amides is 3. The van der Waals surface area contributed by atoms with Crippen LogP contribution in [-0.4, -0.2) is 37.7 Å². The molecule has 0 heterocycles. The normalized spacial score (nSPS) is 9.37. The van der Waals surface area contributed by atoms with Gasteiger partial charge in [0.1, 0.15) is 5.75 Å². The summed E-state index contributed by atoms with van der Waals surface area (Å²) in [6.45, 7) is 3.81. The van der Waals surface area contributed by atoms with Crippen LogP contribution in [0.1, 0.15) is 0 Å². The molecule has 0 aliphatic rings. The Kier molecular flexibility index (Phi) is 5.40. The zero-order valence-electron chi connectivity index (χ0n) is 11.0. The largest absolute Gasteiger partial charge is 0.412 e. The van der Waals surface area contributed by atoms with Crippen LogP contribution in [0.25, 0.3) is 0 Å². The monoisotopic (exact) mass is 263 g/mol. The molecule has 19 heavy (non-hydrogen) atoms. The van der Waals surface area contributed by atoms with E-state index in [0.717, 1.165) is 0 Å². The zero-order chi connectivity index (χ0) is 14.3. The number of ether oxygens (including phenoxy) is 1. The molecule has 0 aliphatic carbocycles. The van der Waals surface area contributed by atoms with Gasteiger partial charge in [-0.05, 0) is 12.1 Å². The average Bonchev–Trinajstić information content (AvgIpc) is 2.36. The number of carbonyl (C=O) groups excluding carboxylic acids is 2. The van der Waals surface area contributed by atoms with Gasteiger partial charge in [-0.2, -0.15) is 0 Å². The van der Waals surface area contributed by atoms with Gasteiger partial charge in [0.2, 0.25) is 0 Å². The predicted molar refractivity (Wildman–Crippen MR) is 73.4 cm³/mol. The topological polar surface area (TPSA) is 70.7 Å². The second kappa shape index (κ2) is 7.05. The molecular formula is C13H17N3O3. The first-order valence-electron chi connectivity index (χ1n) is 5.68. The molecule has 2 N–H and O–H groups in total. The highest BCUT2D eigenvalue weighted by Crippen LogP contribution is 2.17. The Labute approximate surface area is 112 Å². The highest BCUT2D eigenvalue weighted by molar-refractivity contribution is 5.89. The van der Waals surface area contributed by atoms with Crippen LogP contribution < -0.4 is 15.4 Å². The summed E-state index contributed by atoms with van der Waals surface area (Å²) >= 11 is 0. The van der Waals surface area contributed by atoms with E-state index < -0.39 is 6.09 Å². The maximum absolute atomic E-state index is 11.5. The maximum Gasteiger partial charge on any atom is 0.412 e. The highest BCUT2D eigenvalue weighted by atomic mass is 16.6. The van der Waals surface area contributed by atoms with Crippen molar-refractivity contribution in [2.45, 2.75) is 0 Å². The van der Waals surface area contributed by atoms with Gasteiger partial charge < -0.3 is 20.3 Å². The first-order valence-corrected chi connectivity index (χ1v) is 5.68. The molecule has 1 aromatic rings. The maximum atomic E-state index is 11.5. The molecule has 0 fully saturated rings. The van der Waals surface area contributed by atoms with Crippen LogP contribution in [0.5, 0.6) is 5.75 Å². The standard InChI is InChI=1S/C13H17N3O3/c1-4-8-14-13(18)19-11-7-5-6-10(9-11)15-12(17)16(2)3/h4-7,9H,1,8H2,2-3H3,(H,14,18)(H,15,17). The Morgan fingerprint density at radius 1 is 1.42 bits per heavy atom. The molecule has 1 aromatic carbocycles. The molecule has 0 spiro atoms. The summed E-state index contributed by atoms with van der Waals surface area (Å²) in [7, 11) is 3.27. The van der Waals surface area contributed by atoms with Crippen molar-refractivity contribution >= 4 is 17.8 Å². The lowest BCUT2D eigenvalue weighted by molar-refractivity contribution is 0.201. The van der Waals surface area contributed by atoms with Gasteiger partial charge in [-0.15, -0.1) is 6.58 Å². The SMILES string of the molecule is C=CCNC(=O)Oc1cccc(NC(=O)N(C)C)c1. The molecule has 102 valence electrons. The third-order valence-electron chi connectivity index (χ3n) is 2.09. The summed E-state index contributed by atoms with van der Waals surface area (Å²) in [4.78, 5) is 24.2. The Morgan fingerprint density at radius 2 is 2.16 bits per heavy atom. The Balaban J connectivity index is 2.64. The van der Waals surface area contributed by atoms with E-state index in [1.165, 1.54) is 4.90 Å². The second-order valence-corrected chi connectivity index (χ2v) is 3.91. The van der Waals surface area contributed by atoms with E-state index in [-0.39, 0.29) is 6.03 Å². The van der Waals surface area contributed by atoms with Gasteiger partial charge in [0.25, 0.3) is 0 Å². The molecule has 0 atom stereocenters. The van der Waals surface area contributed by atoms with Crippen molar-refractivity contribution in [3.05, 3.63) is 36.9 Å². The van der Waals surface area contributed by atoms with Crippen LogP contribution in [0.3, 0.4) is 0 Å². The number of anilines is 1. The number of carbonyl (C=O) groups is 2. The lowest BCUT2D eigenvalue weighted by Crippen LogP contribution is -2.28. The fourth-order valence-electron chi connectivity index (χ4n) is 1.17. The smallest absolute Gasteiger partial charge is 0.410 e. The minimum atomic E-state index is -0.573. The first kappa shape index (κ1) is 14.6. The lowest BCUT2D eigenvalue weighted by atomic mass is 10.3. The van der Waals surface area contributed by atoms with E-state index in [0.29, 0.717) is 18.0 Å². The van der Waals surface area contributed by atoms with Crippen LogP contribution >= 0.6 is 0 Å². The molecule has 0 radical (unpaired) electrons. The van der Waals surface area contributed by atoms with Crippen molar-refractivity contribution in [1.29, 1.82) is 0 Å². The fraction of sp³-hybridized carbons (Fsp3) is 0.231. The highest BCUT2D eigenvalue weighted by Gasteiger charge is 2.06. The number of hydrogen-bond acceptors (Lipinski definition) is 3. The quantitative estimate of drug-likeness (QED) is 0.817. The summed E-state index contributed by atoms with van der Waals surface area (Å²) in [5.74, 6) is 0.345. The van der Waals surface area contributed by atoms with Crippen LogP contribution in [0.4, 0.5) is 15.3 Å². The van der Waals surface area contributed by atoms with Gasteiger partial charge in [0.05, 0.1) is 0 Å².